The predicted molar refractivity (Wildman–Crippen MR) is 64.3 cm³/mol. The number of hydrogen-bond donors (Lipinski definition) is 0. The molecule has 0 amide bonds. The SMILES string of the molecule is CC(=O)C(Cl)c1cc(SC(F)(F)F)ccc1OC(F)(F)F. The zero-order valence-electron chi connectivity index (χ0n) is 10.2. The van der Waals surface area contributed by atoms with Gasteiger partial charge in [0.2, 0.25) is 0 Å². The van der Waals surface area contributed by atoms with Gasteiger partial charge in [-0.1, -0.05) is 0 Å². The van der Waals surface area contributed by atoms with Gasteiger partial charge in [0, 0.05) is 10.5 Å². The van der Waals surface area contributed by atoms with Crippen molar-refractivity contribution < 1.29 is 35.9 Å². The van der Waals surface area contributed by atoms with E-state index in [2.05, 4.69) is 4.74 Å². The Balaban J connectivity index is 3.23. The van der Waals surface area contributed by atoms with Crippen molar-refractivity contribution in [3.8, 4) is 5.75 Å². The number of carbonyl (C=O) groups excluding carboxylic acids is 1. The van der Waals surface area contributed by atoms with Crippen LogP contribution in [0.4, 0.5) is 26.3 Å². The fourth-order valence-corrected chi connectivity index (χ4v) is 2.12. The van der Waals surface area contributed by atoms with Crippen LogP contribution in [0.15, 0.2) is 23.1 Å². The highest BCUT2D eigenvalue weighted by Crippen LogP contribution is 2.41. The van der Waals surface area contributed by atoms with Crippen molar-refractivity contribution in [2.75, 3.05) is 0 Å². The van der Waals surface area contributed by atoms with E-state index in [-0.39, 0.29) is 0 Å². The minimum absolute atomic E-state index is 0.404. The van der Waals surface area contributed by atoms with E-state index in [0.717, 1.165) is 19.1 Å². The van der Waals surface area contributed by atoms with Gasteiger partial charge in [0.05, 0.1) is 0 Å². The first-order chi connectivity index (χ1) is 9.39. The molecule has 1 atom stereocenters. The maximum absolute atomic E-state index is 12.3. The molecule has 0 fully saturated rings. The number of alkyl halides is 7. The zero-order chi connectivity index (χ0) is 16.4. The largest absolute Gasteiger partial charge is 0.573 e. The van der Waals surface area contributed by atoms with E-state index < -0.39 is 51.0 Å². The molecule has 118 valence electrons. The second-order valence-electron chi connectivity index (χ2n) is 3.77. The second-order valence-corrected chi connectivity index (χ2v) is 5.34. The Kier molecular flexibility index (Phi) is 5.43. The van der Waals surface area contributed by atoms with Crippen LogP contribution in [0.2, 0.25) is 0 Å². The van der Waals surface area contributed by atoms with Crippen LogP contribution < -0.4 is 4.74 Å². The summed E-state index contributed by atoms with van der Waals surface area (Å²) in [5.74, 6) is -1.54. The third-order valence-corrected chi connectivity index (χ3v) is 3.33. The van der Waals surface area contributed by atoms with Crippen molar-refractivity contribution in [3.05, 3.63) is 23.8 Å². The smallest absolute Gasteiger partial charge is 0.405 e. The Labute approximate surface area is 124 Å². The lowest BCUT2D eigenvalue weighted by Gasteiger charge is -2.16. The van der Waals surface area contributed by atoms with Crippen LogP contribution in [-0.4, -0.2) is 17.7 Å². The third-order valence-electron chi connectivity index (χ3n) is 2.07. The predicted octanol–water partition coefficient (Wildman–Crippen LogP) is 5.07. The Morgan fingerprint density at radius 3 is 2.24 bits per heavy atom. The van der Waals surface area contributed by atoms with Gasteiger partial charge in [-0.05, 0) is 36.9 Å². The van der Waals surface area contributed by atoms with Gasteiger partial charge < -0.3 is 4.74 Å². The van der Waals surface area contributed by atoms with E-state index in [1.165, 1.54) is 0 Å². The molecular formula is C11H7ClF6O2S. The first-order valence-corrected chi connectivity index (χ1v) is 6.44. The molecule has 0 aliphatic rings. The van der Waals surface area contributed by atoms with Crippen LogP contribution in [-0.2, 0) is 4.79 Å². The number of rotatable bonds is 4. The summed E-state index contributed by atoms with van der Waals surface area (Å²) in [5, 5.41) is -1.55. The van der Waals surface area contributed by atoms with Crippen LogP contribution in [0.25, 0.3) is 0 Å². The number of halogens is 7. The number of ether oxygens (including phenoxy) is 1. The van der Waals surface area contributed by atoms with Gasteiger partial charge in [0.1, 0.15) is 11.1 Å². The number of thioether (sulfide) groups is 1. The molecule has 21 heavy (non-hydrogen) atoms. The molecular weight excluding hydrogens is 346 g/mol. The highest BCUT2D eigenvalue weighted by Gasteiger charge is 2.34. The van der Waals surface area contributed by atoms with E-state index in [4.69, 9.17) is 11.6 Å². The molecule has 0 radical (unpaired) electrons. The minimum Gasteiger partial charge on any atom is -0.405 e. The molecule has 0 aliphatic carbocycles. The van der Waals surface area contributed by atoms with Gasteiger partial charge in [-0.3, -0.25) is 4.79 Å². The lowest BCUT2D eigenvalue weighted by Crippen LogP contribution is -2.19. The molecule has 0 saturated carbocycles. The van der Waals surface area contributed by atoms with Crippen LogP contribution >= 0.6 is 23.4 Å². The van der Waals surface area contributed by atoms with Crippen LogP contribution in [0.3, 0.4) is 0 Å². The summed E-state index contributed by atoms with van der Waals surface area (Å²) in [6, 6.07) is 2.24. The average molecular weight is 353 g/mol. The van der Waals surface area contributed by atoms with Gasteiger partial charge in [-0.15, -0.1) is 24.8 Å². The van der Waals surface area contributed by atoms with Gasteiger partial charge in [-0.2, -0.15) is 13.2 Å². The maximum atomic E-state index is 12.3. The molecule has 0 N–H and O–H groups in total. The standard InChI is InChI=1S/C11H7ClF6O2S/c1-5(19)9(12)7-4-6(21-11(16,17)18)2-3-8(7)20-10(13,14)15/h2-4,9H,1H3. The van der Waals surface area contributed by atoms with Gasteiger partial charge in [0.15, 0.2) is 5.78 Å². The summed E-state index contributed by atoms with van der Waals surface area (Å²) in [7, 11) is 0. The van der Waals surface area contributed by atoms with Crippen molar-refractivity contribution in [1.82, 2.24) is 0 Å². The normalized spacial score (nSPS) is 13.9. The number of hydrogen-bond acceptors (Lipinski definition) is 3. The molecule has 0 saturated heterocycles. The fourth-order valence-electron chi connectivity index (χ4n) is 1.36. The van der Waals surface area contributed by atoms with Crippen LogP contribution in [0.5, 0.6) is 5.75 Å². The van der Waals surface area contributed by atoms with Gasteiger partial charge in [-0.25, -0.2) is 0 Å². The van der Waals surface area contributed by atoms with Gasteiger partial charge >= 0.3 is 11.9 Å². The molecule has 10 heteroatoms. The number of ketones is 1. The topological polar surface area (TPSA) is 26.3 Å². The monoisotopic (exact) mass is 352 g/mol. The average Bonchev–Trinajstić information content (AvgIpc) is 2.26. The van der Waals surface area contributed by atoms with Crippen molar-refractivity contribution in [2.24, 2.45) is 0 Å². The number of Topliss-reactive ketones (excluding diaryl/α,β-unsaturated/α-hetero) is 1. The Bertz CT molecular complexity index is 528. The molecule has 0 aromatic heterocycles. The molecule has 0 heterocycles. The van der Waals surface area contributed by atoms with Crippen molar-refractivity contribution in [1.29, 1.82) is 0 Å². The van der Waals surface area contributed by atoms with E-state index in [1.807, 2.05) is 0 Å². The highest BCUT2D eigenvalue weighted by molar-refractivity contribution is 8.00. The zero-order valence-corrected chi connectivity index (χ0v) is 11.8. The highest BCUT2D eigenvalue weighted by atomic mass is 35.5. The van der Waals surface area contributed by atoms with E-state index in [0.29, 0.717) is 6.07 Å². The first-order valence-electron chi connectivity index (χ1n) is 5.19. The van der Waals surface area contributed by atoms with Crippen LogP contribution in [0, 0.1) is 0 Å². The molecule has 1 rings (SSSR count). The van der Waals surface area contributed by atoms with Crippen molar-refractivity contribution in [3.63, 3.8) is 0 Å². The summed E-state index contributed by atoms with van der Waals surface area (Å²) in [5.41, 5.74) is -5.10. The van der Waals surface area contributed by atoms with Crippen molar-refractivity contribution in [2.45, 2.75) is 29.1 Å². The van der Waals surface area contributed by atoms with E-state index in [9.17, 15) is 31.1 Å². The molecule has 0 bridgehead atoms. The lowest BCUT2D eigenvalue weighted by atomic mass is 10.1. The van der Waals surface area contributed by atoms with Crippen molar-refractivity contribution >= 4 is 29.1 Å². The fraction of sp³-hybridized carbons (Fsp3) is 0.364. The summed E-state index contributed by atoms with van der Waals surface area (Å²) in [6.07, 6.45) is -5.05. The molecule has 0 aliphatic heterocycles. The second kappa shape index (κ2) is 6.35. The molecule has 1 unspecified atom stereocenters. The first kappa shape index (κ1) is 18.0. The van der Waals surface area contributed by atoms with E-state index >= 15 is 0 Å². The summed E-state index contributed by atoms with van der Waals surface area (Å²) >= 11 is 5.09. The quantitative estimate of drug-likeness (QED) is 0.430. The summed E-state index contributed by atoms with van der Waals surface area (Å²) in [4.78, 5) is 10.8. The third kappa shape index (κ3) is 6.04. The summed E-state index contributed by atoms with van der Waals surface area (Å²) < 4.78 is 77.1. The Morgan fingerprint density at radius 2 is 1.81 bits per heavy atom. The number of carbonyl (C=O) groups is 1. The van der Waals surface area contributed by atoms with Crippen LogP contribution in [0.1, 0.15) is 17.9 Å². The maximum Gasteiger partial charge on any atom is 0.573 e. The van der Waals surface area contributed by atoms with E-state index in [1.54, 1.807) is 0 Å². The lowest BCUT2D eigenvalue weighted by molar-refractivity contribution is -0.274. The molecule has 1 aromatic rings. The molecule has 2 nitrogen and oxygen atoms in total. The Morgan fingerprint density at radius 1 is 1.24 bits per heavy atom. The summed E-state index contributed by atoms with van der Waals surface area (Å²) in [6.45, 7) is 0.999. The number of benzene rings is 1. The Hall–Kier alpha value is -1.09. The van der Waals surface area contributed by atoms with Gasteiger partial charge in [0.25, 0.3) is 0 Å². The minimum atomic E-state index is -5.05. The molecule has 0 spiro atoms. The molecule has 1 aromatic carbocycles.